The summed E-state index contributed by atoms with van der Waals surface area (Å²) in [5.41, 5.74) is 1.33. The number of benzene rings is 2. The maximum atomic E-state index is 13.5. The van der Waals surface area contributed by atoms with E-state index in [2.05, 4.69) is 66.2 Å². The molecule has 0 bridgehead atoms. The molecule has 3 aromatic rings. The summed E-state index contributed by atoms with van der Waals surface area (Å²) in [6, 6.07) is 9.38. The van der Waals surface area contributed by atoms with Crippen LogP contribution in [0.2, 0.25) is 0 Å². The summed E-state index contributed by atoms with van der Waals surface area (Å²) < 4.78 is 14.5. The number of carbonyl (C=O) groups excluding carboxylic acids is 1. The lowest BCUT2D eigenvalue weighted by molar-refractivity contribution is -0.147. The highest BCUT2D eigenvalue weighted by atomic mass is 127. The largest absolute Gasteiger partial charge is 0.477 e. The van der Waals surface area contributed by atoms with Crippen molar-refractivity contribution < 1.29 is 14.3 Å². The molecular weight excluding hydrogens is 740 g/mol. The van der Waals surface area contributed by atoms with Crippen LogP contribution in [0.25, 0.3) is 10.9 Å². The van der Waals surface area contributed by atoms with Gasteiger partial charge in [0.15, 0.2) is 6.10 Å². The monoisotopic (exact) mass is 763 g/mol. The summed E-state index contributed by atoms with van der Waals surface area (Å²) in [6.07, 6.45) is 6.44. The molecule has 0 unspecified atom stereocenters. The van der Waals surface area contributed by atoms with Gasteiger partial charge in [0.2, 0.25) is 0 Å². The van der Waals surface area contributed by atoms with Crippen LogP contribution < -0.4 is 10.3 Å². The minimum Gasteiger partial charge on any atom is -0.477 e. The van der Waals surface area contributed by atoms with E-state index in [1.165, 1.54) is 18.2 Å². The van der Waals surface area contributed by atoms with Gasteiger partial charge >= 0.3 is 5.97 Å². The van der Waals surface area contributed by atoms with Crippen LogP contribution >= 0.6 is 61.1 Å². The Morgan fingerprint density at radius 1 is 1.20 bits per heavy atom. The van der Waals surface area contributed by atoms with Crippen molar-refractivity contribution in [1.82, 2.24) is 9.66 Å². The molecule has 1 aliphatic rings. The van der Waals surface area contributed by atoms with Crippen molar-refractivity contribution in [2.75, 3.05) is 7.11 Å². The number of methoxy groups -OCH3 is 1. The van der Waals surface area contributed by atoms with Gasteiger partial charge in [-0.15, -0.1) is 0 Å². The van der Waals surface area contributed by atoms with Gasteiger partial charge in [-0.1, -0.05) is 35.2 Å². The predicted molar refractivity (Wildman–Crippen MR) is 157 cm³/mol. The third kappa shape index (κ3) is 6.07. The van der Waals surface area contributed by atoms with Gasteiger partial charge in [0.25, 0.3) is 5.56 Å². The number of fused-ring (bicyclic) bond motifs is 1. The second-order valence-corrected chi connectivity index (χ2v) is 11.7. The zero-order valence-electron chi connectivity index (χ0n) is 19.3. The van der Waals surface area contributed by atoms with Crippen molar-refractivity contribution in [3.05, 3.63) is 63.7 Å². The van der Waals surface area contributed by atoms with E-state index in [1.54, 1.807) is 19.2 Å². The Kier molecular flexibility index (Phi) is 8.85. The van der Waals surface area contributed by atoms with Crippen molar-refractivity contribution in [2.24, 2.45) is 5.10 Å². The zero-order chi connectivity index (χ0) is 25.1. The van der Waals surface area contributed by atoms with E-state index in [9.17, 15) is 9.59 Å². The zero-order valence-corrected chi connectivity index (χ0v) is 25.2. The van der Waals surface area contributed by atoms with E-state index in [4.69, 9.17) is 14.5 Å². The molecule has 0 saturated heterocycles. The topological polar surface area (TPSA) is 82.8 Å². The second kappa shape index (κ2) is 11.7. The molecule has 10 heteroatoms. The first kappa shape index (κ1) is 26.5. The third-order valence-corrected chi connectivity index (χ3v) is 8.07. The fourth-order valence-electron chi connectivity index (χ4n) is 4.18. The lowest BCUT2D eigenvalue weighted by Gasteiger charge is -2.22. The number of carbonyl (C=O) groups is 1. The molecule has 0 spiro atoms. The van der Waals surface area contributed by atoms with E-state index < -0.39 is 12.1 Å². The smallest absolute Gasteiger partial charge is 0.346 e. The highest BCUT2D eigenvalue weighted by Crippen LogP contribution is 2.32. The second-order valence-electron chi connectivity index (χ2n) is 8.42. The Labute approximate surface area is 239 Å². The first-order valence-electron chi connectivity index (χ1n) is 11.3. The summed E-state index contributed by atoms with van der Waals surface area (Å²) in [6.45, 7) is 1.65. The molecule has 0 N–H and O–H groups in total. The molecule has 1 atom stereocenters. The van der Waals surface area contributed by atoms with Gasteiger partial charge in [-0.05, 0) is 101 Å². The Balaban J connectivity index is 1.73. The van der Waals surface area contributed by atoms with Crippen LogP contribution in [0.5, 0.6) is 5.75 Å². The molecule has 1 saturated carbocycles. The van der Waals surface area contributed by atoms with E-state index in [0.29, 0.717) is 16.7 Å². The first-order chi connectivity index (χ1) is 16.8. The summed E-state index contributed by atoms with van der Waals surface area (Å²) >= 11 is 7.80. The van der Waals surface area contributed by atoms with Crippen molar-refractivity contribution in [1.29, 1.82) is 0 Å². The number of esters is 1. The molecule has 1 heterocycles. The summed E-state index contributed by atoms with van der Waals surface area (Å²) in [7, 11) is 1.33. The predicted octanol–water partition coefficient (Wildman–Crippen LogP) is 6.24. The summed E-state index contributed by atoms with van der Waals surface area (Å²) in [5, 5.41) is 5.15. The molecule has 0 radical (unpaired) electrons. The lowest BCUT2D eigenvalue weighted by Crippen LogP contribution is -2.26. The number of halogens is 3. The van der Waals surface area contributed by atoms with Crippen molar-refractivity contribution in [3.63, 3.8) is 0 Å². The van der Waals surface area contributed by atoms with Crippen LogP contribution in [0, 0.1) is 7.14 Å². The lowest BCUT2D eigenvalue weighted by atomic mass is 9.88. The van der Waals surface area contributed by atoms with Crippen molar-refractivity contribution >= 4 is 84.2 Å². The normalized spacial score (nSPS) is 15.5. The molecule has 0 aliphatic heterocycles. The van der Waals surface area contributed by atoms with Gasteiger partial charge in [-0.3, -0.25) is 4.79 Å². The SMILES string of the molecule is COC(=O)[C@H](C)Oc1c(I)cc(C=Nn2c(C3CCCCC3)nc3ccc(Br)cc3c2=O)cc1I. The van der Waals surface area contributed by atoms with Crippen LogP contribution in [0.3, 0.4) is 0 Å². The van der Waals surface area contributed by atoms with Crippen molar-refractivity contribution in [3.8, 4) is 5.75 Å². The molecule has 1 aliphatic carbocycles. The molecule has 35 heavy (non-hydrogen) atoms. The number of hydrogen-bond acceptors (Lipinski definition) is 6. The Hall–Kier alpha value is -1.54. The molecule has 0 amide bonds. The molecule has 184 valence electrons. The highest BCUT2D eigenvalue weighted by molar-refractivity contribution is 14.1. The minimum absolute atomic E-state index is 0.177. The fraction of sp³-hybridized carbons (Fsp3) is 0.360. The van der Waals surface area contributed by atoms with Crippen LogP contribution in [0.1, 0.15) is 56.3 Å². The van der Waals surface area contributed by atoms with E-state index >= 15 is 0 Å². The number of hydrogen-bond donors (Lipinski definition) is 0. The fourth-order valence-corrected chi connectivity index (χ4v) is 6.62. The number of nitrogens with zero attached hydrogens (tertiary/aromatic N) is 3. The first-order valence-corrected chi connectivity index (χ1v) is 14.2. The molecular formula is C25H24BrI2N3O4. The maximum absolute atomic E-state index is 13.5. The third-order valence-electron chi connectivity index (χ3n) is 5.97. The van der Waals surface area contributed by atoms with E-state index in [1.807, 2.05) is 24.3 Å². The molecule has 1 aromatic heterocycles. The average molecular weight is 764 g/mol. The molecule has 7 nitrogen and oxygen atoms in total. The van der Waals surface area contributed by atoms with Gasteiger partial charge in [-0.2, -0.15) is 9.78 Å². The van der Waals surface area contributed by atoms with E-state index in [0.717, 1.165) is 48.7 Å². The van der Waals surface area contributed by atoms with E-state index in [-0.39, 0.29) is 11.5 Å². The van der Waals surface area contributed by atoms with Gasteiger partial charge in [0.1, 0.15) is 11.6 Å². The molecule has 1 fully saturated rings. The number of rotatable bonds is 6. The average Bonchev–Trinajstić information content (AvgIpc) is 2.85. The van der Waals surface area contributed by atoms with Gasteiger partial charge in [-0.25, -0.2) is 9.78 Å². The minimum atomic E-state index is -0.721. The molecule has 2 aromatic carbocycles. The summed E-state index contributed by atoms with van der Waals surface area (Å²) in [5.74, 6) is 1.10. The van der Waals surface area contributed by atoms with Gasteiger partial charge in [0, 0.05) is 10.4 Å². The quantitative estimate of drug-likeness (QED) is 0.169. The summed E-state index contributed by atoms with van der Waals surface area (Å²) in [4.78, 5) is 30.1. The standard InChI is InChI=1S/C25H24BrI2N3O4/c1-14(25(33)34-2)35-22-19(27)10-15(11-20(22)28)13-29-31-23(16-6-4-3-5-7-16)30-21-9-8-17(26)12-18(21)24(31)32/h8-14,16H,3-7H2,1-2H3/t14-/m0/s1. The van der Waals surface area contributed by atoms with Gasteiger partial charge < -0.3 is 9.47 Å². The highest BCUT2D eigenvalue weighted by Gasteiger charge is 2.23. The Morgan fingerprint density at radius 3 is 2.54 bits per heavy atom. The van der Waals surface area contributed by atoms with Crippen LogP contribution in [0.15, 0.2) is 44.7 Å². The van der Waals surface area contributed by atoms with Crippen LogP contribution in [-0.4, -0.2) is 35.1 Å². The Morgan fingerprint density at radius 2 is 1.89 bits per heavy atom. The Bertz CT molecular complexity index is 1330. The van der Waals surface area contributed by atoms with Crippen LogP contribution in [-0.2, 0) is 9.53 Å². The van der Waals surface area contributed by atoms with Crippen LogP contribution in [0.4, 0.5) is 0 Å². The maximum Gasteiger partial charge on any atom is 0.346 e. The number of ether oxygens (including phenoxy) is 2. The number of aromatic nitrogens is 2. The van der Waals surface area contributed by atoms with Gasteiger partial charge in [0.05, 0.1) is 31.4 Å². The molecule has 4 rings (SSSR count). The van der Waals surface area contributed by atoms with Crippen molar-refractivity contribution in [2.45, 2.75) is 51.0 Å².